The summed E-state index contributed by atoms with van der Waals surface area (Å²) in [6.45, 7) is 0. The van der Waals surface area contributed by atoms with Gasteiger partial charge >= 0.3 is 0 Å². The zero-order valence-electron chi connectivity index (χ0n) is 7.78. The van der Waals surface area contributed by atoms with Crippen molar-refractivity contribution in [3.8, 4) is 0 Å². The van der Waals surface area contributed by atoms with E-state index >= 15 is 0 Å². The van der Waals surface area contributed by atoms with Crippen LogP contribution in [0.4, 0.5) is 5.69 Å². The Morgan fingerprint density at radius 3 is 2.62 bits per heavy atom. The Morgan fingerprint density at radius 1 is 1.56 bits per heavy atom. The highest BCUT2D eigenvalue weighted by Crippen LogP contribution is 2.25. The van der Waals surface area contributed by atoms with Gasteiger partial charge in [0, 0.05) is 17.2 Å². The minimum Gasteiger partial charge on any atom is -0.298 e. The Hall–Kier alpha value is -1.02. The van der Waals surface area contributed by atoms with Gasteiger partial charge in [0.15, 0.2) is 12.1 Å². The van der Waals surface area contributed by atoms with Crippen LogP contribution in [-0.4, -0.2) is 22.9 Å². The van der Waals surface area contributed by atoms with E-state index in [9.17, 15) is 19.7 Å². The summed E-state index contributed by atoms with van der Waals surface area (Å²) in [7, 11) is 0. The SMILES string of the molecule is O=Cc1cc([N+](=O)[O-])c(I)cc1C(=O)CCl. The first-order chi connectivity index (χ1) is 7.51. The lowest BCUT2D eigenvalue weighted by Gasteiger charge is -2.03. The Morgan fingerprint density at radius 2 is 2.19 bits per heavy atom. The van der Waals surface area contributed by atoms with E-state index in [-0.39, 0.29) is 22.7 Å². The lowest BCUT2D eigenvalue weighted by atomic mass is 10.0. The van der Waals surface area contributed by atoms with Crippen LogP contribution in [0.25, 0.3) is 0 Å². The quantitative estimate of drug-likeness (QED) is 0.208. The van der Waals surface area contributed by atoms with Crippen LogP contribution in [0.15, 0.2) is 12.1 Å². The number of carbonyl (C=O) groups is 2. The number of hydrogen-bond donors (Lipinski definition) is 0. The third-order valence-corrected chi connectivity index (χ3v) is 2.97. The van der Waals surface area contributed by atoms with Crippen molar-refractivity contribution in [2.45, 2.75) is 0 Å². The third-order valence-electron chi connectivity index (χ3n) is 1.86. The Bertz CT molecular complexity index is 475. The summed E-state index contributed by atoms with van der Waals surface area (Å²) in [5.41, 5.74) is -0.105. The fraction of sp³-hybridized carbons (Fsp3) is 0.111. The standard InChI is InChI=1S/C9H5ClINO4/c10-3-9(14)6-2-7(11)8(12(15)16)1-5(6)4-13/h1-2,4H,3H2. The van der Waals surface area contributed by atoms with Crippen LogP contribution >= 0.6 is 34.2 Å². The maximum Gasteiger partial charge on any atom is 0.283 e. The maximum atomic E-state index is 11.4. The molecule has 0 saturated carbocycles. The lowest BCUT2D eigenvalue weighted by Crippen LogP contribution is -2.07. The van der Waals surface area contributed by atoms with E-state index in [0.29, 0.717) is 9.86 Å². The third kappa shape index (κ3) is 2.56. The van der Waals surface area contributed by atoms with Gasteiger partial charge < -0.3 is 0 Å². The van der Waals surface area contributed by atoms with Crippen molar-refractivity contribution in [1.29, 1.82) is 0 Å². The van der Waals surface area contributed by atoms with E-state index in [1.54, 1.807) is 22.6 Å². The second kappa shape index (κ2) is 5.35. The van der Waals surface area contributed by atoms with Crippen LogP contribution in [0, 0.1) is 13.7 Å². The van der Waals surface area contributed by atoms with Gasteiger partial charge in [0.1, 0.15) is 0 Å². The molecule has 0 N–H and O–H groups in total. The molecule has 84 valence electrons. The highest BCUT2D eigenvalue weighted by atomic mass is 127. The van der Waals surface area contributed by atoms with Gasteiger partial charge in [-0.25, -0.2) is 0 Å². The number of ketones is 1. The minimum atomic E-state index is -0.607. The van der Waals surface area contributed by atoms with E-state index in [2.05, 4.69) is 0 Å². The second-order valence-corrected chi connectivity index (χ2v) is 4.25. The molecule has 0 amide bonds. The van der Waals surface area contributed by atoms with Crippen molar-refractivity contribution in [3.05, 3.63) is 36.9 Å². The van der Waals surface area contributed by atoms with Crippen molar-refractivity contribution in [3.63, 3.8) is 0 Å². The molecule has 0 fully saturated rings. The summed E-state index contributed by atoms with van der Waals surface area (Å²) in [6.07, 6.45) is 0.406. The van der Waals surface area contributed by atoms with Crippen molar-refractivity contribution >= 4 is 51.9 Å². The van der Waals surface area contributed by atoms with Gasteiger partial charge in [0.25, 0.3) is 5.69 Å². The molecule has 0 atom stereocenters. The normalized spacial score (nSPS) is 9.88. The lowest BCUT2D eigenvalue weighted by molar-refractivity contribution is -0.385. The number of aldehydes is 1. The molecule has 0 aromatic heterocycles. The molecule has 0 saturated heterocycles. The summed E-state index contributed by atoms with van der Waals surface area (Å²) >= 11 is 7.10. The van der Waals surface area contributed by atoms with Crippen molar-refractivity contribution in [2.75, 3.05) is 5.88 Å². The summed E-state index contributed by atoms with van der Waals surface area (Å²) < 4.78 is 0.293. The molecular formula is C9H5ClINO4. The van der Waals surface area contributed by atoms with Crippen LogP contribution in [0.3, 0.4) is 0 Å². The largest absolute Gasteiger partial charge is 0.298 e. The van der Waals surface area contributed by atoms with Gasteiger partial charge in [-0.05, 0) is 28.7 Å². The molecule has 0 spiro atoms. The van der Waals surface area contributed by atoms with Gasteiger partial charge in [-0.3, -0.25) is 19.7 Å². The number of carbonyl (C=O) groups excluding carboxylic acids is 2. The molecular weight excluding hydrogens is 348 g/mol. The number of alkyl halides is 1. The van der Waals surface area contributed by atoms with Gasteiger partial charge in [-0.2, -0.15) is 0 Å². The Balaban J connectivity index is 3.43. The summed E-state index contributed by atoms with van der Waals surface area (Å²) in [6, 6.07) is 2.38. The average Bonchev–Trinajstić information content (AvgIpc) is 2.27. The molecule has 0 aliphatic rings. The van der Waals surface area contributed by atoms with Gasteiger partial charge in [-0.15, -0.1) is 11.6 Å². The molecule has 0 aliphatic carbocycles. The Labute approximate surface area is 109 Å². The fourth-order valence-corrected chi connectivity index (χ4v) is 1.94. The van der Waals surface area contributed by atoms with Crippen molar-refractivity contribution < 1.29 is 14.5 Å². The Kier molecular flexibility index (Phi) is 4.36. The van der Waals surface area contributed by atoms with Crippen molar-refractivity contribution in [2.24, 2.45) is 0 Å². The number of benzene rings is 1. The van der Waals surface area contributed by atoms with Crippen LogP contribution in [0.1, 0.15) is 20.7 Å². The first kappa shape index (κ1) is 13.0. The summed E-state index contributed by atoms with van der Waals surface area (Å²) in [5, 5.41) is 10.6. The van der Waals surface area contributed by atoms with E-state index in [0.717, 1.165) is 6.07 Å². The zero-order valence-corrected chi connectivity index (χ0v) is 10.7. The first-order valence-electron chi connectivity index (χ1n) is 4.03. The molecule has 1 rings (SSSR count). The number of halogens is 2. The molecule has 0 unspecified atom stereocenters. The first-order valence-corrected chi connectivity index (χ1v) is 5.65. The highest BCUT2D eigenvalue weighted by molar-refractivity contribution is 14.1. The number of nitrogens with zero attached hydrogens (tertiary/aromatic N) is 1. The van der Waals surface area contributed by atoms with Gasteiger partial charge in [0.05, 0.1) is 14.4 Å². The number of nitro benzene ring substituents is 1. The van der Waals surface area contributed by atoms with E-state index in [1.807, 2.05) is 0 Å². The molecule has 1 aromatic carbocycles. The number of hydrogen-bond acceptors (Lipinski definition) is 4. The zero-order chi connectivity index (χ0) is 12.3. The molecule has 1 aromatic rings. The van der Waals surface area contributed by atoms with E-state index in [1.165, 1.54) is 6.07 Å². The van der Waals surface area contributed by atoms with Crippen LogP contribution in [0.2, 0.25) is 0 Å². The average molecular weight is 353 g/mol. The predicted molar refractivity (Wildman–Crippen MR) is 66.3 cm³/mol. The molecule has 0 aliphatic heterocycles. The summed E-state index contributed by atoms with van der Waals surface area (Å²) in [5.74, 6) is -0.703. The van der Waals surface area contributed by atoms with Crippen LogP contribution in [0.5, 0.6) is 0 Å². The topological polar surface area (TPSA) is 77.3 Å². The number of rotatable bonds is 4. The number of nitro groups is 1. The van der Waals surface area contributed by atoms with E-state index < -0.39 is 10.7 Å². The van der Waals surface area contributed by atoms with Crippen LogP contribution in [-0.2, 0) is 0 Å². The minimum absolute atomic E-state index is 0.0160. The molecule has 5 nitrogen and oxygen atoms in total. The fourth-order valence-electron chi connectivity index (χ4n) is 1.13. The maximum absolute atomic E-state index is 11.4. The summed E-state index contributed by atoms with van der Waals surface area (Å²) in [4.78, 5) is 32.1. The predicted octanol–water partition coefficient (Wildman–Crippen LogP) is 2.43. The smallest absolute Gasteiger partial charge is 0.283 e. The highest BCUT2D eigenvalue weighted by Gasteiger charge is 2.19. The molecule has 0 bridgehead atoms. The van der Waals surface area contributed by atoms with E-state index in [4.69, 9.17) is 11.6 Å². The molecule has 16 heavy (non-hydrogen) atoms. The second-order valence-electron chi connectivity index (χ2n) is 2.82. The molecule has 7 heteroatoms. The van der Waals surface area contributed by atoms with Gasteiger partial charge in [0.2, 0.25) is 0 Å². The van der Waals surface area contributed by atoms with Gasteiger partial charge in [-0.1, -0.05) is 0 Å². The van der Waals surface area contributed by atoms with Crippen molar-refractivity contribution in [1.82, 2.24) is 0 Å². The molecule has 0 heterocycles. The molecule has 0 radical (unpaired) electrons. The number of Topliss-reactive ketones (excluding diaryl/α,β-unsaturated/α-hetero) is 1. The van der Waals surface area contributed by atoms with Crippen LogP contribution < -0.4 is 0 Å². The monoisotopic (exact) mass is 353 g/mol.